The molecule has 0 bridgehead atoms. The minimum Gasteiger partial charge on any atom is -0.497 e. The molecule has 5 heteroatoms. The van der Waals surface area contributed by atoms with Crippen LogP contribution in [0.1, 0.15) is 23.9 Å². The first kappa shape index (κ1) is 16.8. The lowest BCUT2D eigenvalue weighted by Gasteiger charge is -2.10. The average Bonchev–Trinajstić information content (AvgIpc) is 3.02. The summed E-state index contributed by atoms with van der Waals surface area (Å²) >= 11 is 7.63. The molecule has 0 amide bonds. The molecule has 1 aromatic heterocycles. The Hall–Kier alpha value is -2.04. The second kappa shape index (κ2) is 7.69. The molecule has 0 aliphatic heterocycles. The standard InChI is InChI=1S/C19H18ClNO2S/c1-3-18(20)23-14-7-4-13(5-8-14)6-11-19-21-16-10-9-15(22-2)12-17(16)24-19/h4-12,18H,3H2,1-2H3/b11-6+. The van der Waals surface area contributed by atoms with Crippen LogP contribution in [-0.4, -0.2) is 17.7 Å². The zero-order valence-corrected chi connectivity index (χ0v) is 15.1. The van der Waals surface area contributed by atoms with Crippen molar-refractivity contribution < 1.29 is 9.47 Å². The van der Waals surface area contributed by atoms with Crippen molar-refractivity contribution in [3.8, 4) is 11.5 Å². The number of ether oxygens (including phenoxy) is 2. The van der Waals surface area contributed by atoms with Crippen molar-refractivity contribution in [3.05, 3.63) is 53.0 Å². The van der Waals surface area contributed by atoms with Crippen LogP contribution in [0.4, 0.5) is 0 Å². The summed E-state index contributed by atoms with van der Waals surface area (Å²) in [6.07, 6.45) is 4.83. The van der Waals surface area contributed by atoms with Crippen molar-refractivity contribution in [2.45, 2.75) is 18.9 Å². The van der Waals surface area contributed by atoms with E-state index < -0.39 is 0 Å². The van der Waals surface area contributed by atoms with Crippen LogP contribution in [0, 0.1) is 0 Å². The van der Waals surface area contributed by atoms with Gasteiger partial charge in [-0.15, -0.1) is 11.3 Å². The first-order valence-electron chi connectivity index (χ1n) is 7.71. The molecule has 3 nitrogen and oxygen atoms in total. The molecule has 0 spiro atoms. The van der Waals surface area contributed by atoms with Crippen molar-refractivity contribution >= 4 is 45.3 Å². The predicted molar refractivity (Wildman–Crippen MR) is 102 cm³/mol. The molecule has 1 atom stereocenters. The third kappa shape index (κ3) is 4.08. The maximum atomic E-state index is 5.99. The van der Waals surface area contributed by atoms with Gasteiger partial charge in [0.05, 0.1) is 17.3 Å². The number of hydrogen-bond acceptors (Lipinski definition) is 4. The summed E-state index contributed by atoms with van der Waals surface area (Å²) in [4.78, 5) is 4.61. The van der Waals surface area contributed by atoms with Gasteiger partial charge in [0.2, 0.25) is 0 Å². The summed E-state index contributed by atoms with van der Waals surface area (Å²) in [5, 5.41) is 0.963. The zero-order valence-electron chi connectivity index (χ0n) is 13.5. The van der Waals surface area contributed by atoms with Gasteiger partial charge >= 0.3 is 0 Å². The van der Waals surface area contributed by atoms with Gasteiger partial charge in [-0.25, -0.2) is 4.98 Å². The summed E-state index contributed by atoms with van der Waals surface area (Å²) < 4.78 is 11.9. The predicted octanol–water partition coefficient (Wildman–Crippen LogP) is 5.83. The maximum Gasteiger partial charge on any atom is 0.171 e. The quantitative estimate of drug-likeness (QED) is 0.519. The number of alkyl halides is 1. The van der Waals surface area contributed by atoms with Gasteiger partial charge in [-0.1, -0.05) is 36.7 Å². The monoisotopic (exact) mass is 359 g/mol. The van der Waals surface area contributed by atoms with Crippen molar-refractivity contribution in [2.75, 3.05) is 7.11 Å². The number of benzene rings is 2. The normalized spacial score (nSPS) is 12.6. The zero-order chi connectivity index (χ0) is 16.9. The Labute approximate surface area is 150 Å². The molecule has 0 aliphatic rings. The highest BCUT2D eigenvalue weighted by atomic mass is 35.5. The second-order valence-corrected chi connectivity index (χ2v) is 6.77. The van der Waals surface area contributed by atoms with Gasteiger partial charge < -0.3 is 9.47 Å². The number of thiazole rings is 1. The first-order chi connectivity index (χ1) is 11.7. The van der Waals surface area contributed by atoms with Crippen molar-refractivity contribution in [1.82, 2.24) is 4.98 Å². The number of halogens is 1. The lowest BCUT2D eigenvalue weighted by atomic mass is 10.2. The number of methoxy groups -OCH3 is 1. The number of nitrogens with zero attached hydrogens (tertiary/aromatic N) is 1. The molecular weight excluding hydrogens is 342 g/mol. The molecule has 3 rings (SSSR count). The molecule has 0 radical (unpaired) electrons. The molecule has 1 unspecified atom stereocenters. The van der Waals surface area contributed by atoms with E-state index in [4.69, 9.17) is 21.1 Å². The van der Waals surface area contributed by atoms with E-state index in [1.165, 1.54) is 0 Å². The largest absolute Gasteiger partial charge is 0.497 e. The summed E-state index contributed by atoms with van der Waals surface area (Å²) in [5.74, 6) is 1.63. The SMILES string of the molecule is CCC(Cl)Oc1ccc(/C=C/c2nc3ccc(OC)cc3s2)cc1. The highest BCUT2D eigenvalue weighted by Gasteiger charge is 2.04. The van der Waals surface area contributed by atoms with Crippen molar-refractivity contribution in [3.63, 3.8) is 0 Å². The van der Waals surface area contributed by atoms with Crippen LogP contribution in [0.25, 0.3) is 22.4 Å². The van der Waals surface area contributed by atoms with E-state index in [0.717, 1.165) is 38.7 Å². The van der Waals surface area contributed by atoms with Gasteiger partial charge in [0, 0.05) is 0 Å². The minimum absolute atomic E-state index is 0.286. The topological polar surface area (TPSA) is 31.4 Å². The van der Waals surface area contributed by atoms with Gasteiger partial charge in [-0.3, -0.25) is 0 Å². The fraction of sp³-hybridized carbons (Fsp3) is 0.211. The third-order valence-electron chi connectivity index (χ3n) is 3.50. The van der Waals surface area contributed by atoms with E-state index in [2.05, 4.69) is 4.98 Å². The molecule has 0 saturated carbocycles. The van der Waals surface area contributed by atoms with Crippen LogP contribution in [0.5, 0.6) is 11.5 Å². The number of hydrogen-bond donors (Lipinski definition) is 0. The molecule has 0 saturated heterocycles. The molecule has 3 aromatic rings. The van der Waals surface area contributed by atoms with E-state index in [0.29, 0.717) is 0 Å². The molecule has 0 fully saturated rings. The van der Waals surface area contributed by atoms with E-state index in [1.807, 2.05) is 61.5 Å². The Morgan fingerprint density at radius 2 is 1.88 bits per heavy atom. The summed E-state index contributed by atoms with van der Waals surface area (Å²) in [6, 6.07) is 13.8. The highest BCUT2D eigenvalue weighted by molar-refractivity contribution is 7.19. The minimum atomic E-state index is -0.286. The molecule has 24 heavy (non-hydrogen) atoms. The van der Waals surface area contributed by atoms with Crippen LogP contribution in [-0.2, 0) is 0 Å². The van der Waals surface area contributed by atoms with Gasteiger partial charge in [0.1, 0.15) is 16.5 Å². The fourth-order valence-electron chi connectivity index (χ4n) is 2.18. The maximum absolute atomic E-state index is 5.99. The second-order valence-electron chi connectivity index (χ2n) is 5.22. The Bertz CT molecular complexity index is 842. The smallest absolute Gasteiger partial charge is 0.171 e. The lowest BCUT2D eigenvalue weighted by Crippen LogP contribution is -2.06. The Morgan fingerprint density at radius 3 is 2.58 bits per heavy atom. The fourth-order valence-corrected chi connectivity index (χ4v) is 3.18. The molecule has 1 heterocycles. The summed E-state index contributed by atoms with van der Waals surface area (Å²) in [7, 11) is 1.67. The van der Waals surface area contributed by atoms with Gasteiger partial charge in [-0.05, 0) is 48.4 Å². The molecule has 0 N–H and O–H groups in total. The van der Waals surface area contributed by atoms with Crippen LogP contribution in [0.15, 0.2) is 42.5 Å². The van der Waals surface area contributed by atoms with Crippen LogP contribution < -0.4 is 9.47 Å². The number of rotatable bonds is 6. The number of fused-ring (bicyclic) bond motifs is 1. The van der Waals surface area contributed by atoms with Gasteiger partial charge in [-0.2, -0.15) is 0 Å². The van der Waals surface area contributed by atoms with Crippen molar-refractivity contribution in [1.29, 1.82) is 0 Å². The molecule has 0 aliphatic carbocycles. The first-order valence-corrected chi connectivity index (χ1v) is 8.96. The van der Waals surface area contributed by atoms with Crippen molar-refractivity contribution in [2.24, 2.45) is 0 Å². The van der Waals surface area contributed by atoms with E-state index in [9.17, 15) is 0 Å². The Kier molecular flexibility index (Phi) is 5.38. The third-order valence-corrected chi connectivity index (χ3v) is 4.88. The molecular formula is C19H18ClNO2S. The highest BCUT2D eigenvalue weighted by Crippen LogP contribution is 2.27. The molecule has 124 valence electrons. The van der Waals surface area contributed by atoms with E-state index in [-0.39, 0.29) is 5.56 Å². The summed E-state index contributed by atoms with van der Waals surface area (Å²) in [5.41, 5.74) is 1.78. The summed E-state index contributed by atoms with van der Waals surface area (Å²) in [6.45, 7) is 1.99. The van der Waals surface area contributed by atoms with E-state index in [1.54, 1.807) is 18.4 Å². The van der Waals surface area contributed by atoms with Crippen LogP contribution >= 0.6 is 22.9 Å². The van der Waals surface area contributed by atoms with Gasteiger partial charge in [0.25, 0.3) is 0 Å². The average molecular weight is 360 g/mol. The van der Waals surface area contributed by atoms with E-state index >= 15 is 0 Å². The molecule has 2 aromatic carbocycles. The lowest BCUT2D eigenvalue weighted by molar-refractivity contribution is 0.277. The number of aromatic nitrogens is 1. The van der Waals surface area contributed by atoms with Gasteiger partial charge in [0.15, 0.2) is 5.56 Å². The Balaban J connectivity index is 1.73. The Morgan fingerprint density at radius 1 is 1.12 bits per heavy atom. The van der Waals surface area contributed by atoms with Crippen LogP contribution in [0.2, 0.25) is 0 Å². The van der Waals surface area contributed by atoms with Crippen LogP contribution in [0.3, 0.4) is 0 Å².